The van der Waals surface area contributed by atoms with Crippen LogP contribution in [-0.4, -0.2) is 56.3 Å². The van der Waals surface area contributed by atoms with Crippen LogP contribution in [0, 0.1) is 0 Å². The van der Waals surface area contributed by atoms with Crippen LogP contribution in [0.4, 0.5) is 5.69 Å². The van der Waals surface area contributed by atoms with Gasteiger partial charge in [-0.05, 0) is 31.5 Å². The number of anilines is 1. The summed E-state index contributed by atoms with van der Waals surface area (Å²) in [6, 6.07) is 5.09. The fourth-order valence-electron chi connectivity index (χ4n) is 3.35. The first kappa shape index (κ1) is 18.9. The minimum absolute atomic E-state index is 0.0482. The van der Waals surface area contributed by atoms with Gasteiger partial charge in [0.25, 0.3) is 0 Å². The molecule has 3 rings (SSSR count). The Bertz CT molecular complexity index is 783. The SMILES string of the molecule is CCNC(O)N1CCCC[C@@H]1COc1cccc2c1C(N)=NS(=O)(=O)N2. The molecule has 9 nitrogen and oxygen atoms in total. The molecule has 0 saturated carbocycles. The van der Waals surface area contributed by atoms with Gasteiger partial charge in [-0.2, -0.15) is 8.42 Å². The number of aliphatic hydroxyl groups excluding tert-OH is 1. The Morgan fingerprint density at radius 3 is 3.08 bits per heavy atom. The lowest BCUT2D eigenvalue weighted by molar-refractivity contribution is -0.0698. The quantitative estimate of drug-likeness (QED) is 0.516. The highest BCUT2D eigenvalue weighted by Crippen LogP contribution is 2.31. The molecule has 0 radical (unpaired) electrons. The van der Waals surface area contributed by atoms with E-state index in [1.165, 1.54) is 0 Å². The number of aliphatic hydroxyl groups is 1. The second kappa shape index (κ2) is 7.78. The lowest BCUT2D eigenvalue weighted by atomic mass is 10.0. The van der Waals surface area contributed by atoms with Crippen molar-refractivity contribution in [2.45, 2.75) is 38.6 Å². The zero-order valence-electron chi connectivity index (χ0n) is 14.7. The van der Waals surface area contributed by atoms with Crippen molar-refractivity contribution >= 4 is 21.7 Å². The smallest absolute Gasteiger partial charge is 0.344 e. The molecule has 2 aliphatic heterocycles. The van der Waals surface area contributed by atoms with Crippen LogP contribution < -0.4 is 20.5 Å². The lowest BCUT2D eigenvalue weighted by Crippen LogP contribution is -2.54. The third-order valence-corrected chi connectivity index (χ3v) is 5.46. The predicted molar refractivity (Wildman–Crippen MR) is 99.2 cm³/mol. The second-order valence-electron chi connectivity index (χ2n) is 6.36. The number of amidine groups is 1. The summed E-state index contributed by atoms with van der Waals surface area (Å²) >= 11 is 0. The van der Waals surface area contributed by atoms with Crippen LogP contribution in [0.3, 0.4) is 0 Å². The van der Waals surface area contributed by atoms with Crippen LogP contribution in [0.1, 0.15) is 31.7 Å². The Balaban J connectivity index is 1.76. The molecular formula is C16H25N5O4S. The van der Waals surface area contributed by atoms with Gasteiger partial charge in [0.15, 0.2) is 12.2 Å². The monoisotopic (exact) mass is 383 g/mol. The summed E-state index contributed by atoms with van der Waals surface area (Å²) in [6.07, 6.45) is 2.30. The molecule has 10 heteroatoms. The largest absolute Gasteiger partial charge is 0.491 e. The highest BCUT2D eigenvalue weighted by Gasteiger charge is 2.29. The van der Waals surface area contributed by atoms with Gasteiger partial charge in [0.05, 0.1) is 11.3 Å². The first-order valence-corrected chi connectivity index (χ1v) is 10.2. The molecule has 1 aromatic rings. The molecule has 1 fully saturated rings. The average molecular weight is 383 g/mol. The van der Waals surface area contributed by atoms with Gasteiger partial charge in [0.1, 0.15) is 12.4 Å². The van der Waals surface area contributed by atoms with Crippen LogP contribution in [0.15, 0.2) is 22.6 Å². The van der Waals surface area contributed by atoms with E-state index in [1.54, 1.807) is 18.2 Å². The Morgan fingerprint density at radius 1 is 1.50 bits per heavy atom. The summed E-state index contributed by atoms with van der Waals surface area (Å²) in [5.41, 5.74) is 6.63. The van der Waals surface area contributed by atoms with Gasteiger partial charge in [-0.3, -0.25) is 14.9 Å². The zero-order valence-corrected chi connectivity index (χ0v) is 15.5. The summed E-state index contributed by atoms with van der Waals surface area (Å²) in [5.74, 6) is 0.372. The van der Waals surface area contributed by atoms with E-state index >= 15 is 0 Å². The van der Waals surface area contributed by atoms with Crippen LogP contribution in [-0.2, 0) is 10.2 Å². The molecule has 0 aliphatic carbocycles. The highest BCUT2D eigenvalue weighted by atomic mass is 32.2. The molecular weight excluding hydrogens is 358 g/mol. The fourth-order valence-corrected chi connectivity index (χ4v) is 4.19. The summed E-state index contributed by atoms with van der Waals surface area (Å²) in [6.45, 7) is 3.76. The topological polar surface area (TPSA) is 129 Å². The molecule has 1 unspecified atom stereocenters. The van der Waals surface area contributed by atoms with E-state index in [2.05, 4.69) is 14.4 Å². The van der Waals surface area contributed by atoms with E-state index in [9.17, 15) is 13.5 Å². The molecule has 1 aromatic carbocycles. The van der Waals surface area contributed by atoms with E-state index in [4.69, 9.17) is 10.5 Å². The first-order valence-electron chi connectivity index (χ1n) is 8.73. The predicted octanol–water partition coefficient (Wildman–Crippen LogP) is 0.181. The molecule has 2 heterocycles. The van der Waals surface area contributed by atoms with Crippen molar-refractivity contribution in [3.63, 3.8) is 0 Å². The van der Waals surface area contributed by atoms with E-state index in [1.807, 2.05) is 11.8 Å². The van der Waals surface area contributed by atoms with E-state index in [-0.39, 0.29) is 11.9 Å². The van der Waals surface area contributed by atoms with Crippen LogP contribution in [0.2, 0.25) is 0 Å². The van der Waals surface area contributed by atoms with Gasteiger partial charge in [0, 0.05) is 12.6 Å². The first-order chi connectivity index (χ1) is 12.4. The maximum Gasteiger partial charge on any atom is 0.344 e. The van der Waals surface area contributed by atoms with Crippen LogP contribution in [0.25, 0.3) is 0 Å². The van der Waals surface area contributed by atoms with Gasteiger partial charge in [-0.1, -0.05) is 19.4 Å². The standard InChI is InChI=1S/C16H25N5O4S/c1-2-18-16(22)21-9-4-3-6-11(21)10-25-13-8-5-7-12-14(13)15(17)20-26(23,24)19-12/h5,7-8,11,16,18-19,22H,2-4,6,9-10H2,1H3,(H2,17,20)/t11-,16?/m1/s1. The fraction of sp³-hybridized carbons (Fsp3) is 0.562. The maximum absolute atomic E-state index is 11.7. The maximum atomic E-state index is 11.7. The van der Waals surface area contributed by atoms with Gasteiger partial charge in [0.2, 0.25) is 0 Å². The van der Waals surface area contributed by atoms with Crippen molar-refractivity contribution in [1.29, 1.82) is 0 Å². The van der Waals surface area contributed by atoms with Crippen LogP contribution >= 0.6 is 0 Å². The van der Waals surface area contributed by atoms with Gasteiger partial charge in [-0.25, -0.2) is 0 Å². The molecule has 26 heavy (non-hydrogen) atoms. The van der Waals surface area contributed by atoms with Crippen LogP contribution in [0.5, 0.6) is 5.75 Å². The highest BCUT2D eigenvalue weighted by molar-refractivity contribution is 7.91. The van der Waals surface area contributed by atoms with Crippen molar-refractivity contribution in [2.24, 2.45) is 10.1 Å². The summed E-state index contributed by atoms with van der Waals surface area (Å²) in [5, 5.41) is 13.3. The number of nitrogens with zero attached hydrogens (tertiary/aromatic N) is 2. The minimum atomic E-state index is -3.82. The molecule has 0 amide bonds. The van der Waals surface area contributed by atoms with Crippen molar-refractivity contribution in [3.8, 4) is 5.75 Å². The summed E-state index contributed by atoms with van der Waals surface area (Å²) < 4.78 is 35.1. The number of fused-ring (bicyclic) bond motifs is 1. The van der Waals surface area contributed by atoms with Crippen molar-refractivity contribution in [2.75, 3.05) is 24.4 Å². The number of likely N-dealkylation sites (tertiary alicyclic amines) is 1. The number of ether oxygens (including phenoxy) is 1. The van der Waals surface area contributed by atoms with Gasteiger partial charge in [-0.15, -0.1) is 4.40 Å². The number of piperidine rings is 1. The Morgan fingerprint density at radius 2 is 2.31 bits per heavy atom. The average Bonchev–Trinajstić information content (AvgIpc) is 2.59. The molecule has 0 bridgehead atoms. The van der Waals surface area contributed by atoms with Gasteiger partial charge >= 0.3 is 10.2 Å². The summed E-state index contributed by atoms with van der Waals surface area (Å²) in [7, 11) is -3.82. The normalized spacial score (nSPS) is 23.5. The molecule has 5 N–H and O–H groups in total. The number of nitrogens with one attached hydrogen (secondary N) is 2. The molecule has 2 atom stereocenters. The Kier molecular flexibility index (Phi) is 5.66. The number of hydrogen-bond acceptors (Lipinski definition) is 7. The number of nitrogens with two attached hydrogens (primary N) is 1. The Labute approximate surface area is 153 Å². The molecule has 0 spiro atoms. The Hall–Kier alpha value is -1.88. The number of benzene rings is 1. The minimum Gasteiger partial charge on any atom is -0.491 e. The van der Waals surface area contributed by atoms with Crippen molar-refractivity contribution in [3.05, 3.63) is 23.8 Å². The molecule has 144 valence electrons. The van der Waals surface area contributed by atoms with Crippen molar-refractivity contribution < 1.29 is 18.3 Å². The van der Waals surface area contributed by atoms with Crippen molar-refractivity contribution in [1.82, 2.24) is 10.2 Å². The number of rotatable bonds is 6. The number of hydrogen-bond donors (Lipinski definition) is 4. The molecule has 1 saturated heterocycles. The second-order valence-corrected chi connectivity index (χ2v) is 7.70. The third kappa shape index (κ3) is 4.09. The van der Waals surface area contributed by atoms with E-state index < -0.39 is 16.6 Å². The van der Waals surface area contributed by atoms with E-state index in [0.717, 1.165) is 25.8 Å². The lowest BCUT2D eigenvalue weighted by Gasteiger charge is -2.38. The summed E-state index contributed by atoms with van der Waals surface area (Å²) in [4.78, 5) is 1.99. The third-order valence-electron chi connectivity index (χ3n) is 4.54. The molecule has 2 aliphatic rings. The zero-order chi connectivity index (χ0) is 18.7. The van der Waals surface area contributed by atoms with E-state index in [0.29, 0.717) is 30.2 Å². The molecule has 0 aromatic heterocycles. The van der Waals surface area contributed by atoms with Gasteiger partial charge < -0.3 is 15.6 Å².